The minimum absolute atomic E-state index is 0.0600. The number of thiophene rings is 1. The van der Waals surface area contributed by atoms with Crippen molar-refractivity contribution in [2.75, 3.05) is 12.4 Å². The molecule has 4 aromatic rings. The van der Waals surface area contributed by atoms with Crippen LogP contribution >= 0.6 is 23.1 Å². The number of nitrogens with zero attached hydrogens (tertiary/aromatic N) is 4. The zero-order valence-corrected chi connectivity index (χ0v) is 21.4. The molecule has 0 unspecified atom stereocenters. The maximum atomic E-state index is 13.8. The van der Waals surface area contributed by atoms with E-state index in [-0.39, 0.29) is 17.2 Å². The van der Waals surface area contributed by atoms with E-state index in [1.165, 1.54) is 22.9 Å². The third kappa shape index (κ3) is 5.19. The molecule has 36 heavy (non-hydrogen) atoms. The summed E-state index contributed by atoms with van der Waals surface area (Å²) in [6, 6.07) is 11.0. The van der Waals surface area contributed by atoms with Crippen LogP contribution in [-0.4, -0.2) is 39.0 Å². The van der Waals surface area contributed by atoms with Gasteiger partial charge in [-0.15, -0.1) is 11.3 Å². The van der Waals surface area contributed by atoms with E-state index < -0.39 is 0 Å². The molecule has 1 aliphatic rings. The van der Waals surface area contributed by atoms with Crippen molar-refractivity contribution in [3.63, 3.8) is 0 Å². The van der Waals surface area contributed by atoms with Gasteiger partial charge in [-0.25, -0.2) is 10.4 Å². The number of pyridine rings is 1. The van der Waals surface area contributed by atoms with Gasteiger partial charge in [-0.3, -0.25) is 19.1 Å². The van der Waals surface area contributed by atoms with Crippen LogP contribution in [0.25, 0.3) is 15.9 Å². The lowest BCUT2D eigenvalue weighted by molar-refractivity contribution is -0.118. The molecule has 10 heteroatoms. The second kappa shape index (κ2) is 11.0. The number of aryl methyl sites for hydroxylation is 2. The first-order valence-corrected chi connectivity index (χ1v) is 13.6. The average Bonchev–Trinajstić information content (AvgIpc) is 3.28. The lowest BCUT2D eigenvalue weighted by Gasteiger charge is -2.14. The maximum Gasteiger partial charge on any atom is 0.267 e. The van der Waals surface area contributed by atoms with Gasteiger partial charge in [-0.2, -0.15) is 5.10 Å². The van der Waals surface area contributed by atoms with Crippen molar-refractivity contribution in [3.05, 3.63) is 75.1 Å². The Morgan fingerprint density at radius 2 is 2.08 bits per heavy atom. The molecule has 0 fully saturated rings. The largest absolute Gasteiger partial charge is 0.494 e. The Morgan fingerprint density at radius 1 is 1.25 bits per heavy atom. The molecular formula is C26H25N5O3S2. The molecule has 0 saturated heterocycles. The van der Waals surface area contributed by atoms with E-state index >= 15 is 0 Å². The van der Waals surface area contributed by atoms with Crippen LogP contribution in [-0.2, 0) is 17.6 Å². The molecule has 1 aromatic carbocycles. The average molecular weight is 520 g/mol. The van der Waals surface area contributed by atoms with Crippen LogP contribution in [0.4, 0.5) is 0 Å². The summed E-state index contributed by atoms with van der Waals surface area (Å²) < 4.78 is 7.17. The number of fused-ring (bicyclic) bond motifs is 3. The highest BCUT2D eigenvalue weighted by molar-refractivity contribution is 7.99. The topological polar surface area (TPSA) is 98.5 Å². The van der Waals surface area contributed by atoms with E-state index in [9.17, 15) is 9.59 Å². The molecule has 0 bridgehead atoms. The van der Waals surface area contributed by atoms with Crippen LogP contribution in [0, 0.1) is 0 Å². The van der Waals surface area contributed by atoms with Gasteiger partial charge in [0.25, 0.3) is 11.5 Å². The van der Waals surface area contributed by atoms with Crippen LogP contribution in [0.2, 0.25) is 0 Å². The van der Waals surface area contributed by atoms with E-state index in [1.807, 2.05) is 37.3 Å². The minimum Gasteiger partial charge on any atom is -0.494 e. The van der Waals surface area contributed by atoms with E-state index in [0.29, 0.717) is 22.8 Å². The fourth-order valence-electron chi connectivity index (χ4n) is 4.16. The first-order valence-electron chi connectivity index (χ1n) is 11.8. The van der Waals surface area contributed by atoms with Crippen LogP contribution in [0.5, 0.6) is 5.75 Å². The van der Waals surface area contributed by atoms with Gasteiger partial charge in [-0.05, 0) is 68.5 Å². The third-order valence-electron chi connectivity index (χ3n) is 5.78. The van der Waals surface area contributed by atoms with Crippen molar-refractivity contribution in [2.45, 2.75) is 37.8 Å². The smallest absolute Gasteiger partial charge is 0.267 e. The van der Waals surface area contributed by atoms with Gasteiger partial charge in [0.15, 0.2) is 5.16 Å². The summed E-state index contributed by atoms with van der Waals surface area (Å²) >= 11 is 2.81. The van der Waals surface area contributed by atoms with Crippen LogP contribution < -0.4 is 15.7 Å². The fourth-order valence-corrected chi connectivity index (χ4v) is 6.27. The van der Waals surface area contributed by atoms with Crippen LogP contribution in [0.1, 0.15) is 35.8 Å². The number of thioether (sulfide) groups is 1. The molecule has 3 aromatic heterocycles. The van der Waals surface area contributed by atoms with Gasteiger partial charge in [0.05, 0.1) is 29.6 Å². The Bertz CT molecular complexity index is 1460. The number of aromatic nitrogens is 3. The Balaban J connectivity index is 1.45. The minimum atomic E-state index is -0.293. The molecular weight excluding hydrogens is 494 g/mol. The number of ether oxygens (including phenoxy) is 1. The molecule has 5 rings (SSSR count). The Labute approximate surface area is 216 Å². The summed E-state index contributed by atoms with van der Waals surface area (Å²) in [5.41, 5.74) is 5.03. The highest BCUT2D eigenvalue weighted by Crippen LogP contribution is 2.35. The number of carbonyl (C=O) groups is 1. The number of nitrogens with one attached hydrogen (secondary N) is 1. The van der Waals surface area contributed by atoms with Crippen molar-refractivity contribution in [1.82, 2.24) is 20.0 Å². The SMILES string of the molecule is CCOc1ccc(-n2c(SCC(=O)NN=Cc3cccnc3)nc3sc4c(c3c2=O)CCCC4)cc1. The van der Waals surface area contributed by atoms with Crippen molar-refractivity contribution < 1.29 is 9.53 Å². The molecule has 3 heterocycles. The number of hydrogen-bond donors (Lipinski definition) is 1. The van der Waals surface area contributed by atoms with Crippen LogP contribution in [0.3, 0.4) is 0 Å². The van der Waals surface area contributed by atoms with E-state index in [4.69, 9.17) is 9.72 Å². The van der Waals surface area contributed by atoms with Gasteiger partial charge in [0.2, 0.25) is 0 Å². The number of hydrogen-bond acceptors (Lipinski definition) is 8. The molecule has 0 saturated carbocycles. The van der Waals surface area contributed by atoms with Gasteiger partial charge in [0, 0.05) is 22.8 Å². The summed E-state index contributed by atoms with van der Waals surface area (Å²) in [7, 11) is 0. The zero-order valence-electron chi connectivity index (χ0n) is 19.8. The quantitative estimate of drug-likeness (QED) is 0.161. The van der Waals surface area contributed by atoms with E-state index in [2.05, 4.69) is 15.5 Å². The highest BCUT2D eigenvalue weighted by atomic mass is 32.2. The van der Waals surface area contributed by atoms with Crippen molar-refractivity contribution in [1.29, 1.82) is 0 Å². The van der Waals surface area contributed by atoms with Gasteiger partial charge in [-0.1, -0.05) is 17.8 Å². The second-order valence-corrected chi connectivity index (χ2v) is 10.2. The molecule has 0 aliphatic heterocycles. The lowest BCUT2D eigenvalue weighted by Crippen LogP contribution is -2.24. The van der Waals surface area contributed by atoms with E-state index in [0.717, 1.165) is 47.4 Å². The molecule has 1 N–H and O–H groups in total. The van der Waals surface area contributed by atoms with Crippen molar-refractivity contribution in [3.8, 4) is 11.4 Å². The number of rotatable bonds is 8. The molecule has 8 nitrogen and oxygen atoms in total. The van der Waals surface area contributed by atoms with Crippen molar-refractivity contribution in [2.24, 2.45) is 5.10 Å². The third-order valence-corrected chi connectivity index (χ3v) is 7.91. The van der Waals surface area contributed by atoms with Crippen molar-refractivity contribution >= 4 is 45.4 Å². The molecule has 1 aliphatic carbocycles. The predicted octanol–water partition coefficient (Wildman–Crippen LogP) is 4.36. The number of amides is 1. The Morgan fingerprint density at radius 3 is 2.86 bits per heavy atom. The van der Waals surface area contributed by atoms with Gasteiger partial charge in [0.1, 0.15) is 10.6 Å². The lowest BCUT2D eigenvalue weighted by atomic mass is 9.97. The molecule has 1 amide bonds. The monoisotopic (exact) mass is 519 g/mol. The second-order valence-electron chi connectivity index (χ2n) is 8.22. The molecule has 0 radical (unpaired) electrons. The summed E-state index contributed by atoms with van der Waals surface area (Å²) in [6.45, 7) is 2.49. The predicted molar refractivity (Wildman–Crippen MR) is 144 cm³/mol. The van der Waals surface area contributed by atoms with Gasteiger partial charge < -0.3 is 4.74 Å². The first kappa shape index (κ1) is 24.2. The van der Waals surface area contributed by atoms with Crippen LogP contribution in [0.15, 0.2) is 63.8 Å². The van der Waals surface area contributed by atoms with E-state index in [1.54, 1.807) is 34.4 Å². The zero-order chi connectivity index (χ0) is 24.9. The maximum absolute atomic E-state index is 13.8. The Hall–Kier alpha value is -3.50. The Kier molecular flexibility index (Phi) is 7.43. The molecule has 0 atom stereocenters. The molecule has 184 valence electrons. The first-order chi connectivity index (χ1) is 17.6. The number of hydrazone groups is 1. The summed E-state index contributed by atoms with van der Waals surface area (Å²) in [5, 5.41) is 5.18. The summed E-state index contributed by atoms with van der Waals surface area (Å²) in [6.07, 6.45) is 8.96. The standard InChI is InChI=1S/C26H25N5O3S2/c1-2-34-19-11-9-18(10-12-19)31-25(33)23-20-7-3-4-8-21(20)36-24(23)29-26(31)35-16-22(32)30-28-15-17-6-5-13-27-14-17/h5-6,9-15H,2-4,7-8,16H2,1H3,(H,30,32). The number of carbonyl (C=O) groups excluding carboxylic acids is 1. The summed E-state index contributed by atoms with van der Waals surface area (Å²) in [4.78, 5) is 37.2. The normalized spacial score (nSPS) is 13.1. The molecule has 0 spiro atoms. The summed E-state index contributed by atoms with van der Waals surface area (Å²) in [5.74, 6) is 0.499. The highest BCUT2D eigenvalue weighted by Gasteiger charge is 2.23. The number of benzene rings is 1. The fraction of sp³-hybridized carbons (Fsp3) is 0.269. The van der Waals surface area contributed by atoms with Gasteiger partial charge >= 0.3 is 0 Å².